The van der Waals surface area contributed by atoms with E-state index in [2.05, 4.69) is 5.32 Å². The van der Waals surface area contributed by atoms with E-state index in [-0.39, 0.29) is 25.4 Å². The van der Waals surface area contributed by atoms with Crippen molar-refractivity contribution in [2.24, 2.45) is 0 Å². The van der Waals surface area contributed by atoms with E-state index < -0.39 is 18.8 Å². The van der Waals surface area contributed by atoms with Crippen molar-refractivity contribution in [1.82, 2.24) is 5.32 Å². The Morgan fingerprint density at radius 2 is 2.20 bits per heavy atom. The van der Waals surface area contributed by atoms with Gasteiger partial charge in [0.1, 0.15) is 18.0 Å². The van der Waals surface area contributed by atoms with Crippen LogP contribution in [0.2, 0.25) is 0 Å². The van der Waals surface area contributed by atoms with Crippen molar-refractivity contribution in [3.8, 4) is 5.75 Å². The number of ether oxygens (including phenoxy) is 2. The van der Waals surface area contributed by atoms with Crippen molar-refractivity contribution in [3.05, 3.63) is 23.8 Å². The maximum Gasteiger partial charge on any atom is 0.498 e. The lowest BCUT2D eigenvalue weighted by Crippen LogP contribution is -2.37. The molecule has 0 spiro atoms. The molecule has 0 saturated carbocycles. The van der Waals surface area contributed by atoms with E-state index >= 15 is 0 Å². The molecule has 0 bridgehead atoms. The molecule has 7 nitrogen and oxygen atoms in total. The number of aliphatic hydroxyl groups excluding tert-OH is 1. The standard InChI is InChI=1S/C17H24BNO6/c1-17(2,3)23-16(21)19-9-14-12-5-4-6-13-15(12)18(25-14)24-11(7-8-20)10-22-13/h4-6,11,14,20H,7-10H2,1-3H3,(H,19,21). The molecule has 1 amide bonds. The minimum atomic E-state index is -0.560. The highest BCUT2D eigenvalue weighted by atomic mass is 16.6. The van der Waals surface area contributed by atoms with Crippen LogP contribution in [0, 0.1) is 0 Å². The Bertz CT molecular complexity index is 632. The summed E-state index contributed by atoms with van der Waals surface area (Å²) in [7, 11) is -0.560. The average Bonchev–Trinajstić information content (AvgIpc) is 2.77. The number of hydrogen-bond donors (Lipinski definition) is 2. The molecule has 136 valence electrons. The van der Waals surface area contributed by atoms with Crippen molar-refractivity contribution in [2.45, 2.75) is 45.0 Å². The molecule has 1 aromatic carbocycles. The van der Waals surface area contributed by atoms with Gasteiger partial charge in [-0.15, -0.1) is 0 Å². The van der Waals surface area contributed by atoms with E-state index in [1.54, 1.807) is 0 Å². The van der Waals surface area contributed by atoms with Gasteiger partial charge >= 0.3 is 13.2 Å². The fourth-order valence-corrected chi connectivity index (χ4v) is 2.95. The zero-order valence-electron chi connectivity index (χ0n) is 14.8. The predicted octanol–water partition coefficient (Wildman–Crippen LogP) is 1.14. The Morgan fingerprint density at radius 1 is 1.40 bits per heavy atom. The highest BCUT2D eigenvalue weighted by molar-refractivity contribution is 6.64. The number of hydrogen-bond acceptors (Lipinski definition) is 6. The van der Waals surface area contributed by atoms with Gasteiger partial charge in [0.2, 0.25) is 0 Å². The van der Waals surface area contributed by atoms with Crippen molar-refractivity contribution < 1.29 is 28.7 Å². The Morgan fingerprint density at radius 3 is 2.92 bits per heavy atom. The summed E-state index contributed by atoms with van der Waals surface area (Å²) in [5, 5.41) is 11.9. The SMILES string of the molecule is CC(C)(C)OC(=O)NCC1OB2OC(CCO)COc3cccc1c32. The molecule has 2 heterocycles. The Balaban J connectivity index is 1.70. The van der Waals surface area contributed by atoms with Gasteiger partial charge in [0.05, 0.1) is 12.2 Å². The summed E-state index contributed by atoms with van der Waals surface area (Å²) in [5.41, 5.74) is 1.24. The normalized spacial score (nSPS) is 22.0. The molecule has 2 aliphatic heterocycles. The third kappa shape index (κ3) is 4.26. The number of nitrogens with one attached hydrogen (secondary N) is 1. The van der Waals surface area contributed by atoms with Crippen molar-refractivity contribution in [1.29, 1.82) is 0 Å². The van der Waals surface area contributed by atoms with E-state index in [4.69, 9.17) is 23.9 Å². The molecule has 2 atom stereocenters. The van der Waals surface area contributed by atoms with Gasteiger partial charge in [0.15, 0.2) is 0 Å². The van der Waals surface area contributed by atoms with Gasteiger partial charge in [0, 0.05) is 18.6 Å². The van der Waals surface area contributed by atoms with Crippen LogP contribution in [0.25, 0.3) is 0 Å². The highest BCUT2D eigenvalue weighted by Gasteiger charge is 2.43. The third-order valence-corrected chi connectivity index (χ3v) is 3.99. The molecule has 0 aromatic heterocycles. The van der Waals surface area contributed by atoms with Gasteiger partial charge < -0.3 is 29.2 Å². The molecule has 8 heteroatoms. The summed E-state index contributed by atoms with van der Waals surface area (Å²) >= 11 is 0. The molecule has 0 saturated heterocycles. The number of carbonyl (C=O) groups is 1. The number of amides is 1. The molecule has 0 fully saturated rings. The van der Waals surface area contributed by atoms with Crippen LogP contribution in [-0.4, -0.2) is 49.8 Å². The fraction of sp³-hybridized carbons (Fsp3) is 0.588. The lowest BCUT2D eigenvalue weighted by molar-refractivity contribution is 0.0470. The predicted molar refractivity (Wildman–Crippen MR) is 92.0 cm³/mol. The third-order valence-electron chi connectivity index (χ3n) is 3.99. The van der Waals surface area contributed by atoms with Crippen LogP contribution in [0.5, 0.6) is 5.75 Å². The maximum absolute atomic E-state index is 11.9. The number of rotatable bonds is 4. The van der Waals surface area contributed by atoms with E-state index in [0.29, 0.717) is 13.0 Å². The van der Waals surface area contributed by atoms with E-state index in [9.17, 15) is 4.79 Å². The molecule has 25 heavy (non-hydrogen) atoms. The van der Waals surface area contributed by atoms with Gasteiger partial charge in [-0.2, -0.15) is 0 Å². The molecule has 1 aromatic rings. The zero-order valence-corrected chi connectivity index (χ0v) is 14.8. The van der Waals surface area contributed by atoms with Crippen LogP contribution >= 0.6 is 0 Å². The van der Waals surface area contributed by atoms with Crippen molar-refractivity contribution >= 4 is 18.7 Å². The van der Waals surface area contributed by atoms with Crippen LogP contribution in [0.15, 0.2) is 18.2 Å². The Labute approximate surface area is 147 Å². The van der Waals surface area contributed by atoms with Crippen LogP contribution in [0.4, 0.5) is 4.79 Å². The first kappa shape index (κ1) is 18.0. The monoisotopic (exact) mass is 349 g/mol. The second-order valence-electron chi connectivity index (χ2n) is 7.18. The average molecular weight is 349 g/mol. The van der Waals surface area contributed by atoms with Crippen LogP contribution in [-0.2, 0) is 14.0 Å². The molecule has 2 N–H and O–H groups in total. The van der Waals surface area contributed by atoms with Crippen molar-refractivity contribution in [2.75, 3.05) is 19.8 Å². The lowest BCUT2D eigenvalue weighted by Gasteiger charge is -2.22. The summed E-state index contributed by atoms with van der Waals surface area (Å²) in [6.45, 7) is 6.11. The van der Waals surface area contributed by atoms with Crippen LogP contribution in [0.3, 0.4) is 0 Å². The molecule has 3 rings (SSSR count). The van der Waals surface area contributed by atoms with Crippen LogP contribution < -0.4 is 15.5 Å². The molecule has 0 aliphatic carbocycles. The first-order valence-electron chi connectivity index (χ1n) is 8.51. The number of carbonyl (C=O) groups excluding carboxylic acids is 1. The number of alkyl carbamates (subject to hydrolysis) is 1. The second-order valence-corrected chi connectivity index (χ2v) is 7.18. The molecular formula is C17H24BNO6. The summed E-state index contributed by atoms with van der Waals surface area (Å²) in [5.74, 6) is 0.725. The topological polar surface area (TPSA) is 86.3 Å². The zero-order chi connectivity index (χ0) is 18.0. The fourth-order valence-electron chi connectivity index (χ4n) is 2.95. The quantitative estimate of drug-likeness (QED) is 0.793. The first-order valence-corrected chi connectivity index (χ1v) is 8.51. The van der Waals surface area contributed by atoms with Gasteiger partial charge in [-0.25, -0.2) is 4.79 Å². The summed E-state index contributed by atoms with van der Waals surface area (Å²) in [6, 6.07) is 5.72. The summed E-state index contributed by atoms with van der Waals surface area (Å²) < 4.78 is 23.0. The smallest absolute Gasteiger partial charge is 0.491 e. The minimum Gasteiger partial charge on any atom is -0.491 e. The molecule has 2 aliphatic rings. The Hall–Kier alpha value is -1.77. The Kier molecular flexibility index (Phi) is 5.22. The second kappa shape index (κ2) is 7.23. The minimum absolute atomic E-state index is 0.0214. The lowest BCUT2D eigenvalue weighted by atomic mass is 9.77. The summed E-state index contributed by atoms with van der Waals surface area (Å²) in [4.78, 5) is 11.9. The molecular weight excluding hydrogens is 325 g/mol. The first-order chi connectivity index (χ1) is 11.9. The highest BCUT2D eigenvalue weighted by Crippen LogP contribution is 2.31. The van der Waals surface area contributed by atoms with Gasteiger partial charge in [0.25, 0.3) is 0 Å². The van der Waals surface area contributed by atoms with E-state index in [0.717, 1.165) is 16.8 Å². The van der Waals surface area contributed by atoms with Gasteiger partial charge in [-0.3, -0.25) is 0 Å². The largest absolute Gasteiger partial charge is 0.498 e. The molecule has 2 unspecified atom stereocenters. The number of aliphatic hydroxyl groups is 1. The summed E-state index contributed by atoms with van der Waals surface area (Å²) in [6.07, 6.45) is -0.597. The van der Waals surface area contributed by atoms with E-state index in [1.165, 1.54) is 0 Å². The van der Waals surface area contributed by atoms with Crippen LogP contribution in [0.1, 0.15) is 38.9 Å². The van der Waals surface area contributed by atoms with E-state index in [1.807, 2.05) is 39.0 Å². The number of benzene rings is 1. The van der Waals surface area contributed by atoms with Gasteiger partial charge in [-0.1, -0.05) is 12.1 Å². The van der Waals surface area contributed by atoms with Gasteiger partial charge in [-0.05, 0) is 38.8 Å². The van der Waals surface area contributed by atoms with Crippen molar-refractivity contribution in [3.63, 3.8) is 0 Å². The maximum atomic E-state index is 11.9. The molecule has 0 radical (unpaired) electrons.